The van der Waals surface area contributed by atoms with Gasteiger partial charge in [0, 0.05) is 41.3 Å². The number of hydrogen-bond donors (Lipinski definition) is 1. The third-order valence-corrected chi connectivity index (χ3v) is 5.95. The van der Waals surface area contributed by atoms with Gasteiger partial charge in [-0.25, -0.2) is 9.67 Å². The van der Waals surface area contributed by atoms with Gasteiger partial charge in [-0.2, -0.15) is 5.10 Å². The molecule has 1 aliphatic rings. The van der Waals surface area contributed by atoms with Gasteiger partial charge in [0.1, 0.15) is 10.7 Å². The van der Waals surface area contributed by atoms with Crippen molar-refractivity contribution >= 4 is 28.8 Å². The Morgan fingerprint density at radius 2 is 2.36 bits per heavy atom. The molecule has 0 spiro atoms. The molecule has 1 atom stereocenters. The highest BCUT2D eigenvalue weighted by atomic mass is 35.5. The fraction of sp³-hybridized carbons (Fsp3) is 0.350. The van der Waals surface area contributed by atoms with Crippen molar-refractivity contribution in [1.82, 2.24) is 25.0 Å². The van der Waals surface area contributed by atoms with Crippen LogP contribution in [0.1, 0.15) is 30.3 Å². The first kappa shape index (κ1) is 19.1. The van der Waals surface area contributed by atoms with E-state index in [0.29, 0.717) is 10.7 Å². The van der Waals surface area contributed by atoms with Gasteiger partial charge in [-0.1, -0.05) is 24.6 Å². The molecule has 0 saturated carbocycles. The Balaban J connectivity index is 1.55. The van der Waals surface area contributed by atoms with Gasteiger partial charge in [-0.3, -0.25) is 4.79 Å². The van der Waals surface area contributed by atoms with Crippen molar-refractivity contribution in [3.05, 3.63) is 52.8 Å². The van der Waals surface area contributed by atoms with E-state index in [1.165, 1.54) is 11.3 Å². The molecule has 2 aromatic heterocycles. The highest BCUT2D eigenvalue weighted by Gasteiger charge is 2.28. The molecule has 0 radical (unpaired) electrons. The predicted molar refractivity (Wildman–Crippen MR) is 112 cm³/mol. The first-order chi connectivity index (χ1) is 13.7. The fourth-order valence-corrected chi connectivity index (χ4v) is 4.39. The van der Waals surface area contributed by atoms with Crippen LogP contribution in [0, 0.1) is 0 Å². The summed E-state index contributed by atoms with van der Waals surface area (Å²) in [6.45, 7) is 4.67. The lowest BCUT2D eigenvalue weighted by molar-refractivity contribution is 0.0687. The van der Waals surface area contributed by atoms with E-state index in [9.17, 15) is 4.79 Å². The summed E-state index contributed by atoms with van der Waals surface area (Å²) in [6, 6.07) is 7.77. The summed E-state index contributed by atoms with van der Waals surface area (Å²) in [5.74, 6) is 0.0142. The van der Waals surface area contributed by atoms with Gasteiger partial charge in [0.15, 0.2) is 0 Å². The van der Waals surface area contributed by atoms with E-state index in [0.717, 1.165) is 48.7 Å². The van der Waals surface area contributed by atoms with E-state index in [-0.39, 0.29) is 11.9 Å². The molecule has 1 amide bonds. The molecule has 1 aromatic carbocycles. The zero-order chi connectivity index (χ0) is 19.5. The summed E-state index contributed by atoms with van der Waals surface area (Å²) in [6.07, 6.45) is 5.60. The number of benzene rings is 1. The number of amides is 1. The largest absolute Gasteiger partial charge is 0.333 e. The molecule has 0 bridgehead atoms. The number of carbonyl (C=O) groups is 1. The Morgan fingerprint density at radius 3 is 3.11 bits per heavy atom. The molecule has 3 heterocycles. The number of hydrogen-bond acceptors (Lipinski definition) is 5. The summed E-state index contributed by atoms with van der Waals surface area (Å²) in [7, 11) is 0. The van der Waals surface area contributed by atoms with Gasteiger partial charge in [0.05, 0.1) is 11.9 Å². The monoisotopic (exact) mass is 415 g/mol. The van der Waals surface area contributed by atoms with Crippen LogP contribution in [0.2, 0.25) is 5.02 Å². The maximum absolute atomic E-state index is 13.0. The second kappa shape index (κ2) is 8.43. The molecule has 1 saturated heterocycles. The number of nitrogens with zero attached hydrogens (tertiary/aromatic N) is 4. The third kappa shape index (κ3) is 3.97. The number of carbonyl (C=O) groups excluding carboxylic acids is 1. The number of nitrogens with one attached hydrogen (secondary N) is 1. The van der Waals surface area contributed by atoms with Crippen LogP contribution in [0.3, 0.4) is 0 Å². The van der Waals surface area contributed by atoms with Crippen LogP contribution in [0.4, 0.5) is 0 Å². The van der Waals surface area contributed by atoms with Crippen LogP contribution in [0.25, 0.3) is 16.3 Å². The Morgan fingerprint density at radius 1 is 1.46 bits per heavy atom. The molecule has 6 nitrogen and oxygen atoms in total. The quantitative estimate of drug-likeness (QED) is 0.663. The lowest BCUT2D eigenvalue weighted by Crippen LogP contribution is -2.42. The summed E-state index contributed by atoms with van der Waals surface area (Å²) in [5, 5.41) is 11.0. The average molecular weight is 416 g/mol. The Hall–Kier alpha value is -2.22. The Bertz CT molecular complexity index is 963. The number of halogens is 1. The number of aromatic nitrogens is 3. The molecule has 0 aliphatic carbocycles. The van der Waals surface area contributed by atoms with Crippen LogP contribution in [-0.4, -0.2) is 51.2 Å². The first-order valence-electron chi connectivity index (χ1n) is 9.44. The van der Waals surface area contributed by atoms with Crippen LogP contribution in [0.5, 0.6) is 0 Å². The smallest absolute Gasteiger partial charge is 0.273 e. The normalized spacial score (nSPS) is 16.4. The van der Waals surface area contributed by atoms with Crippen molar-refractivity contribution in [2.75, 3.05) is 19.6 Å². The van der Waals surface area contributed by atoms with Gasteiger partial charge in [0.25, 0.3) is 5.91 Å². The van der Waals surface area contributed by atoms with Crippen molar-refractivity contribution in [3.63, 3.8) is 0 Å². The van der Waals surface area contributed by atoms with E-state index in [1.807, 2.05) is 40.7 Å². The zero-order valence-corrected chi connectivity index (χ0v) is 17.2. The van der Waals surface area contributed by atoms with Crippen LogP contribution >= 0.6 is 22.9 Å². The average Bonchev–Trinajstić information content (AvgIpc) is 3.46. The molecule has 4 rings (SSSR count). The van der Waals surface area contributed by atoms with Gasteiger partial charge >= 0.3 is 0 Å². The van der Waals surface area contributed by atoms with Crippen molar-refractivity contribution in [2.24, 2.45) is 0 Å². The molecule has 0 unspecified atom stereocenters. The lowest BCUT2D eigenvalue weighted by atomic mass is 10.2. The van der Waals surface area contributed by atoms with Crippen molar-refractivity contribution in [3.8, 4) is 16.3 Å². The molecule has 1 fully saturated rings. The van der Waals surface area contributed by atoms with Crippen molar-refractivity contribution < 1.29 is 4.79 Å². The summed E-state index contributed by atoms with van der Waals surface area (Å²) in [4.78, 5) is 19.6. The number of thiazole rings is 1. The Labute approximate surface area is 173 Å². The highest BCUT2D eigenvalue weighted by molar-refractivity contribution is 7.13. The second-order valence-electron chi connectivity index (χ2n) is 6.84. The highest BCUT2D eigenvalue weighted by Crippen LogP contribution is 2.26. The van der Waals surface area contributed by atoms with E-state index >= 15 is 0 Å². The summed E-state index contributed by atoms with van der Waals surface area (Å²) >= 11 is 7.53. The number of rotatable bonds is 6. The predicted octanol–water partition coefficient (Wildman–Crippen LogP) is 3.86. The van der Waals surface area contributed by atoms with Gasteiger partial charge in [-0.05, 0) is 37.6 Å². The van der Waals surface area contributed by atoms with Gasteiger partial charge in [-0.15, -0.1) is 11.3 Å². The SMILES string of the molecule is CCCN(C(=O)c1csc(-c2cnn(-c3cccc(Cl)c3)c2)n1)[C@@H]1CCNC1. The molecular weight excluding hydrogens is 394 g/mol. The maximum Gasteiger partial charge on any atom is 0.273 e. The molecule has 1 N–H and O–H groups in total. The molecule has 28 heavy (non-hydrogen) atoms. The fourth-order valence-electron chi connectivity index (χ4n) is 3.44. The zero-order valence-electron chi connectivity index (χ0n) is 15.6. The molecule has 1 aliphatic heterocycles. The first-order valence-corrected chi connectivity index (χ1v) is 10.7. The minimum absolute atomic E-state index is 0.0142. The molecule has 8 heteroatoms. The molecule has 146 valence electrons. The van der Waals surface area contributed by atoms with E-state index < -0.39 is 0 Å². The molecular formula is C20H22ClN5OS. The van der Waals surface area contributed by atoms with E-state index in [4.69, 9.17) is 11.6 Å². The van der Waals surface area contributed by atoms with Crippen molar-refractivity contribution in [1.29, 1.82) is 0 Å². The lowest BCUT2D eigenvalue weighted by Gasteiger charge is -2.27. The minimum Gasteiger partial charge on any atom is -0.333 e. The van der Waals surface area contributed by atoms with Crippen molar-refractivity contribution in [2.45, 2.75) is 25.8 Å². The summed E-state index contributed by atoms with van der Waals surface area (Å²) < 4.78 is 1.76. The Kier molecular flexibility index (Phi) is 5.75. The van der Waals surface area contributed by atoms with Gasteiger partial charge in [0.2, 0.25) is 0 Å². The summed E-state index contributed by atoms with van der Waals surface area (Å²) in [5.41, 5.74) is 2.28. The maximum atomic E-state index is 13.0. The van der Waals surface area contributed by atoms with Gasteiger partial charge < -0.3 is 10.2 Å². The topological polar surface area (TPSA) is 63.1 Å². The van der Waals surface area contributed by atoms with Crippen LogP contribution in [-0.2, 0) is 0 Å². The molecule has 3 aromatic rings. The standard InChI is InChI=1S/C20H22ClN5OS/c1-2-8-25(17-6-7-22-11-17)20(27)18-13-28-19(24-18)14-10-23-26(12-14)16-5-3-4-15(21)9-16/h3-5,9-10,12-13,17,22H,2,6-8,11H2,1H3/t17-/m1/s1. The second-order valence-corrected chi connectivity index (χ2v) is 8.13. The van der Waals surface area contributed by atoms with Crippen LogP contribution < -0.4 is 5.32 Å². The van der Waals surface area contributed by atoms with Crippen LogP contribution in [0.15, 0.2) is 42.0 Å². The van der Waals surface area contributed by atoms with E-state index in [1.54, 1.807) is 10.9 Å². The third-order valence-electron chi connectivity index (χ3n) is 4.83. The minimum atomic E-state index is 0.0142. The van der Waals surface area contributed by atoms with E-state index in [2.05, 4.69) is 22.3 Å².